The average molecular weight is 426 g/mol. The van der Waals surface area contributed by atoms with Crippen LogP contribution in [0.4, 0.5) is 5.69 Å². The molecule has 2 heterocycles. The molecule has 8 heteroatoms. The topological polar surface area (TPSA) is 51.9 Å². The number of thiocarbonyl (C=S) groups is 1. The largest absolute Gasteiger partial charge is 0.497 e. The Kier molecular flexibility index (Phi) is 4.98. The Labute approximate surface area is 156 Å². The van der Waals surface area contributed by atoms with E-state index in [1.54, 1.807) is 43.5 Å². The van der Waals surface area contributed by atoms with Gasteiger partial charge in [-0.15, -0.1) is 0 Å². The van der Waals surface area contributed by atoms with Crippen molar-refractivity contribution in [2.45, 2.75) is 0 Å². The van der Waals surface area contributed by atoms with Crippen molar-refractivity contribution in [1.29, 1.82) is 0 Å². The van der Waals surface area contributed by atoms with E-state index in [0.29, 0.717) is 36.8 Å². The Morgan fingerprint density at radius 2 is 2.04 bits per heavy atom. The first-order valence-electron chi connectivity index (χ1n) is 6.79. The van der Waals surface area contributed by atoms with Gasteiger partial charge in [-0.25, -0.2) is 0 Å². The van der Waals surface area contributed by atoms with E-state index in [1.807, 2.05) is 0 Å². The first-order valence-corrected chi connectivity index (χ1v) is 8.80. The first-order chi connectivity index (χ1) is 11.5. The van der Waals surface area contributed by atoms with Gasteiger partial charge in [-0.05, 0) is 40.2 Å². The molecule has 0 bridgehead atoms. The number of nitrogens with zero attached hydrogens (tertiary/aromatic N) is 1. The lowest BCUT2D eigenvalue weighted by Gasteiger charge is -2.18. The van der Waals surface area contributed by atoms with Gasteiger partial charge in [0.15, 0.2) is 8.99 Å². The van der Waals surface area contributed by atoms with Crippen molar-refractivity contribution in [3.63, 3.8) is 0 Å². The van der Waals surface area contributed by atoms with Crippen LogP contribution >= 0.6 is 39.9 Å². The lowest BCUT2D eigenvalue weighted by molar-refractivity contribution is -0.113. The summed E-state index contributed by atoms with van der Waals surface area (Å²) in [5, 5.41) is 0. The van der Waals surface area contributed by atoms with Gasteiger partial charge in [-0.2, -0.15) is 0 Å². The highest BCUT2D eigenvalue weighted by atomic mass is 79.9. The molecule has 1 aromatic heterocycles. The van der Waals surface area contributed by atoms with E-state index in [2.05, 4.69) is 15.9 Å². The molecule has 124 valence electrons. The number of amides is 1. The lowest BCUT2D eigenvalue weighted by Crippen LogP contribution is -2.27. The number of hydrogen-bond acceptors (Lipinski definition) is 6. The number of rotatable bonds is 4. The van der Waals surface area contributed by atoms with Gasteiger partial charge < -0.3 is 13.9 Å². The van der Waals surface area contributed by atoms with Crippen molar-refractivity contribution in [3.8, 4) is 11.5 Å². The monoisotopic (exact) mass is 425 g/mol. The normalized spacial score (nSPS) is 16.1. The molecule has 1 aliphatic heterocycles. The quantitative estimate of drug-likeness (QED) is 0.532. The Hall–Kier alpha value is -1.77. The van der Waals surface area contributed by atoms with Gasteiger partial charge in [0.1, 0.15) is 17.3 Å². The number of ether oxygens (including phenoxy) is 2. The highest BCUT2D eigenvalue weighted by molar-refractivity contribution is 9.10. The minimum absolute atomic E-state index is 0.221. The third-order valence-corrected chi connectivity index (χ3v) is 5.02. The molecular weight excluding hydrogens is 414 g/mol. The maximum atomic E-state index is 12.8. The number of hydrogen-bond donors (Lipinski definition) is 0. The number of carbonyl (C=O) groups is 1. The molecule has 24 heavy (non-hydrogen) atoms. The molecule has 0 N–H and O–H groups in total. The van der Waals surface area contributed by atoms with E-state index in [9.17, 15) is 4.79 Å². The predicted octanol–water partition coefficient (Wildman–Crippen LogP) is 4.47. The summed E-state index contributed by atoms with van der Waals surface area (Å²) in [4.78, 5) is 14.7. The van der Waals surface area contributed by atoms with Gasteiger partial charge in [0.05, 0.1) is 24.8 Å². The number of anilines is 1. The standard InChI is InChI=1S/C16H12BrNO4S2/c1-20-9-3-5-11(12(7-9)21-2)18-15(19)13(24-16(18)23)8-10-4-6-14(17)22-10/h3-8H,1-2H3/b13-8+. The Morgan fingerprint density at radius 3 is 2.67 bits per heavy atom. The molecule has 0 saturated carbocycles. The smallest absolute Gasteiger partial charge is 0.271 e. The van der Waals surface area contributed by atoms with Gasteiger partial charge in [-0.3, -0.25) is 9.69 Å². The van der Waals surface area contributed by atoms with Gasteiger partial charge in [-0.1, -0.05) is 24.0 Å². The van der Waals surface area contributed by atoms with Crippen LogP contribution in [-0.2, 0) is 4.79 Å². The summed E-state index contributed by atoms with van der Waals surface area (Å²) in [5.74, 6) is 1.50. The molecule has 1 fully saturated rings. The van der Waals surface area contributed by atoms with Gasteiger partial charge in [0.25, 0.3) is 5.91 Å². The van der Waals surface area contributed by atoms with Gasteiger partial charge in [0.2, 0.25) is 0 Å². The van der Waals surface area contributed by atoms with Crippen molar-refractivity contribution in [1.82, 2.24) is 0 Å². The van der Waals surface area contributed by atoms with E-state index in [4.69, 9.17) is 26.1 Å². The molecule has 1 saturated heterocycles. The molecular formula is C16H12BrNO4S2. The molecule has 3 rings (SSSR count). The summed E-state index contributed by atoms with van der Waals surface area (Å²) < 4.78 is 17.0. The van der Waals surface area contributed by atoms with Crippen LogP contribution in [0, 0.1) is 0 Å². The van der Waals surface area contributed by atoms with E-state index in [0.717, 1.165) is 0 Å². The minimum atomic E-state index is -0.221. The summed E-state index contributed by atoms with van der Waals surface area (Å²) in [7, 11) is 3.10. The van der Waals surface area contributed by atoms with E-state index >= 15 is 0 Å². The molecule has 2 aromatic rings. The van der Waals surface area contributed by atoms with Crippen LogP contribution in [0.2, 0.25) is 0 Å². The van der Waals surface area contributed by atoms with E-state index in [-0.39, 0.29) is 5.91 Å². The number of furan rings is 1. The third-order valence-electron chi connectivity index (χ3n) is 3.29. The number of benzene rings is 1. The predicted molar refractivity (Wildman–Crippen MR) is 102 cm³/mol. The number of methoxy groups -OCH3 is 2. The summed E-state index contributed by atoms with van der Waals surface area (Å²) in [6.07, 6.45) is 1.67. The fourth-order valence-electron chi connectivity index (χ4n) is 2.18. The molecule has 0 aliphatic carbocycles. The van der Waals surface area contributed by atoms with Crippen molar-refractivity contribution in [3.05, 3.63) is 45.7 Å². The molecule has 0 unspecified atom stereocenters. The van der Waals surface area contributed by atoms with E-state index < -0.39 is 0 Å². The summed E-state index contributed by atoms with van der Waals surface area (Å²) in [6.45, 7) is 0. The highest BCUT2D eigenvalue weighted by Gasteiger charge is 2.35. The maximum Gasteiger partial charge on any atom is 0.271 e. The van der Waals surface area contributed by atoms with Crippen LogP contribution in [0.5, 0.6) is 11.5 Å². The molecule has 1 aromatic carbocycles. The fraction of sp³-hybridized carbons (Fsp3) is 0.125. The molecule has 5 nitrogen and oxygen atoms in total. The van der Waals surface area contributed by atoms with E-state index in [1.165, 1.54) is 23.8 Å². The van der Waals surface area contributed by atoms with Crippen molar-refractivity contribution in [2.24, 2.45) is 0 Å². The van der Waals surface area contributed by atoms with Crippen molar-refractivity contribution in [2.75, 3.05) is 19.1 Å². The minimum Gasteiger partial charge on any atom is -0.497 e. The van der Waals surface area contributed by atoms with Crippen LogP contribution in [-0.4, -0.2) is 24.4 Å². The number of carbonyl (C=O) groups excluding carboxylic acids is 1. The van der Waals surface area contributed by atoms with Crippen molar-refractivity contribution >= 4 is 61.9 Å². The Morgan fingerprint density at radius 1 is 1.25 bits per heavy atom. The SMILES string of the molecule is COc1ccc(N2C(=O)/C(=C\c3ccc(Br)o3)SC2=S)c(OC)c1. The Bertz CT molecular complexity index is 846. The van der Waals surface area contributed by atoms with Crippen LogP contribution < -0.4 is 14.4 Å². The van der Waals surface area contributed by atoms with Crippen LogP contribution in [0.15, 0.2) is 44.3 Å². The van der Waals surface area contributed by atoms with Crippen LogP contribution in [0.3, 0.4) is 0 Å². The average Bonchev–Trinajstić information content (AvgIpc) is 3.10. The summed E-state index contributed by atoms with van der Waals surface area (Å²) in [5.41, 5.74) is 0.574. The second kappa shape index (κ2) is 7.00. The second-order valence-corrected chi connectivity index (χ2v) is 7.15. The second-order valence-electron chi connectivity index (χ2n) is 4.70. The van der Waals surface area contributed by atoms with Gasteiger partial charge in [0, 0.05) is 12.1 Å². The van der Waals surface area contributed by atoms with Crippen LogP contribution in [0.1, 0.15) is 5.76 Å². The molecule has 0 atom stereocenters. The number of thioether (sulfide) groups is 1. The zero-order valence-electron chi connectivity index (χ0n) is 12.7. The first kappa shape index (κ1) is 17.1. The zero-order chi connectivity index (χ0) is 17.3. The van der Waals surface area contributed by atoms with Crippen LogP contribution in [0.25, 0.3) is 6.08 Å². The fourth-order valence-corrected chi connectivity index (χ4v) is 3.76. The molecule has 1 aliphatic rings. The molecule has 0 spiro atoms. The zero-order valence-corrected chi connectivity index (χ0v) is 16.0. The highest BCUT2D eigenvalue weighted by Crippen LogP contribution is 2.41. The summed E-state index contributed by atoms with van der Waals surface area (Å²) >= 11 is 9.82. The number of halogens is 1. The third kappa shape index (κ3) is 3.22. The van der Waals surface area contributed by atoms with Gasteiger partial charge >= 0.3 is 0 Å². The Balaban J connectivity index is 1.96. The van der Waals surface area contributed by atoms with Crippen molar-refractivity contribution < 1.29 is 18.7 Å². The molecule has 1 amide bonds. The summed E-state index contributed by atoms with van der Waals surface area (Å²) in [6, 6.07) is 8.74. The maximum absolute atomic E-state index is 12.8. The molecule has 0 radical (unpaired) electrons. The lowest BCUT2D eigenvalue weighted by atomic mass is 10.2.